The van der Waals surface area contributed by atoms with E-state index in [-0.39, 0.29) is 0 Å². The van der Waals surface area contributed by atoms with Crippen LogP contribution in [0.4, 0.5) is 0 Å². The van der Waals surface area contributed by atoms with E-state index in [4.69, 9.17) is 0 Å². The molecule has 1 amide bonds. The molecule has 0 saturated heterocycles. The summed E-state index contributed by atoms with van der Waals surface area (Å²) in [4.78, 5) is 11.6. The summed E-state index contributed by atoms with van der Waals surface area (Å²) in [5.41, 5.74) is 5.23. The lowest BCUT2D eigenvalue weighted by molar-refractivity contribution is -0.118. The summed E-state index contributed by atoms with van der Waals surface area (Å²) in [5, 5.41) is 3.97. The highest BCUT2D eigenvalue weighted by Crippen LogP contribution is 2.32. The van der Waals surface area contributed by atoms with Crippen LogP contribution >= 0.6 is 0 Å². The van der Waals surface area contributed by atoms with E-state index in [1.165, 1.54) is 27.7 Å². The van der Waals surface area contributed by atoms with Gasteiger partial charge in [-0.3, -0.25) is 4.79 Å². The number of nitrogens with one attached hydrogen (secondary N) is 1. The van der Waals surface area contributed by atoms with Gasteiger partial charge in [0.05, 0.1) is 5.52 Å². The molecule has 1 aromatic heterocycles. The zero-order valence-electron chi connectivity index (χ0n) is 13.6. The number of sulfone groups is 1. The van der Waals surface area contributed by atoms with Crippen molar-refractivity contribution in [2.24, 2.45) is 0 Å². The number of carbonyl (C=O) groups is 1. The molecule has 6 heteroatoms. The van der Waals surface area contributed by atoms with Crippen LogP contribution in [0.5, 0.6) is 0 Å². The predicted octanol–water partition coefficient (Wildman–Crippen LogP) is 1.60. The zero-order valence-corrected chi connectivity index (χ0v) is 14.4. The zero-order chi connectivity index (χ0) is 16.6. The van der Waals surface area contributed by atoms with Crippen molar-refractivity contribution in [1.82, 2.24) is 9.88 Å². The van der Waals surface area contributed by atoms with Gasteiger partial charge in [0.1, 0.15) is 5.75 Å². The van der Waals surface area contributed by atoms with Crippen LogP contribution in [0.2, 0.25) is 0 Å². The van der Waals surface area contributed by atoms with Gasteiger partial charge in [-0.05, 0) is 37.3 Å². The molecular formula is C17H22N2O3S. The molecule has 3 rings (SSSR count). The first-order chi connectivity index (χ1) is 10.9. The van der Waals surface area contributed by atoms with Gasteiger partial charge in [-0.15, -0.1) is 0 Å². The second kappa shape index (κ2) is 6.00. The Hall–Kier alpha value is -1.82. The average molecular weight is 334 g/mol. The Morgan fingerprint density at radius 2 is 2.13 bits per heavy atom. The molecule has 2 aromatic rings. The van der Waals surface area contributed by atoms with Crippen molar-refractivity contribution in [3.63, 3.8) is 0 Å². The highest BCUT2D eigenvalue weighted by Gasteiger charge is 2.19. The summed E-state index contributed by atoms with van der Waals surface area (Å²) < 4.78 is 24.6. The number of hydrogen-bond acceptors (Lipinski definition) is 3. The molecule has 5 nitrogen and oxygen atoms in total. The number of aryl methyl sites for hydroxylation is 2. The lowest BCUT2D eigenvalue weighted by atomic mass is 10.0. The van der Waals surface area contributed by atoms with Crippen LogP contribution in [0, 0.1) is 6.92 Å². The number of amides is 1. The minimum absolute atomic E-state index is 0.432. The van der Waals surface area contributed by atoms with E-state index < -0.39 is 21.5 Å². The van der Waals surface area contributed by atoms with E-state index in [9.17, 15) is 13.2 Å². The number of benzene rings is 1. The molecule has 124 valence electrons. The second-order valence-electron chi connectivity index (χ2n) is 6.30. The first kappa shape index (κ1) is 16.1. The Balaban J connectivity index is 1.78. The lowest BCUT2D eigenvalue weighted by Crippen LogP contribution is -2.31. The largest absolute Gasteiger partial charge is 0.355 e. The molecule has 1 aromatic carbocycles. The maximum Gasteiger partial charge on any atom is 0.235 e. The monoisotopic (exact) mass is 334 g/mol. The molecule has 0 atom stereocenters. The molecule has 1 aliphatic heterocycles. The van der Waals surface area contributed by atoms with Gasteiger partial charge in [0.2, 0.25) is 5.91 Å². The molecule has 0 bridgehead atoms. The van der Waals surface area contributed by atoms with Gasteiger partial charge in [-0.1, -0.05) is 18.2 Å². The van der Waals surface area contributed by atoms with Gasteiger partial charge in [-0.2, -0.15) is 0 Å². The Morgan fingerprint density at radius 1 is 1.35 bits per heavy atom. The fourth-order valence-corrected chi connectivity index (χ4v) is 4.10. The van der Waals surface area contributed by atoms with Gasteiger partial charge in [0.15, 0.2) is 9.84 Å². The third-order valence-corrected chi connectivity index (χ3v) is 5.26. The smallest absolute Gasteiger partial charge is 0.235 e. The maximum absolute atomic E-state index is 11.6. The molecule has 2 heterocycles. The highest BCUT2D eigenvalue weighted by atomic mass is 32.2. The standard InChI is InChI=1S/C17H22N2O3S/c1-12-14(8-9-18-16(20)11-23(2,21)22)15-7-3-5-13-6-4-10-19(12)17(13)15/h3,5,7H,4,6,8-11H2,1-2H3,(H,18,20). The Bertz CT molecular complexity index is 866. The molecule has 0 aliphatic carbocycles. The maximum atomic E-state index is 11.6. The van der Waals surface area contributed by atoms with Crippen molar-refractivity contribution in [1.29, 1.82) is 0 Å². The van der Waals surface area contributed by atoms with Crippen LogP contribution < -0.4 is 5.32 Å². The van der Waals surface area contributed by atoms with Crippen LogP contribution in [-0.4, -0.2) is 37.4 Å². The van der Waals surface area contributed by atoms with Crippen LogP contribution in [0.15, 0.2) is 18.2 Å². The van der Waals surface area contributed by atoms with Gasteiger partial charge in [0, 0.05) is 30.4 Å². The number of para-hydroxylation sites is 1. The van der Waals surface area contributed by atoms with E-state index >= 15 is 0 Å². The average Bonchev–Trinajstić information content (AvgIpc) is 2.74. The van der Waals surface area contributed by atoms with Crippen LogP contribution in [-0.2, 0) is 34.0 Å². The van der Waals surface area contributed by atoms with Gasteiger partial charge in [0.25, 0.3) is 0 Å². The molecule has 1 aliphatic rings. The topological polar surface area (TPSA) is 68.2 Å². The Morgan fingerprint density at radius 3 is 2.87 bits per heavy atom. The quantitative estimate of drug-likeness (QED) is 0.903. The number of aromatic nitrogens is 1. The Kier molecular flexibility index (Phi) is 4.19. The summed E-state index contributed by atoms with van der Waals surface area (Å²) in [7, 11) is -3.27. The molecule has 23 heavy (non-hydrogen) atoms. The molecular weight excluding hydrogens is 312 g/mol. The number of nitrogens with zero attached hydrogens (tertiary/aromatic N) is 1. The van der Waals surface area contributed by atoms with E-state index in [0.29, 0.717) is 13.0 Å². The van der Waals surface area contributed by atoms with Crippen molar-refractivity contribution < 1.29 is 13.2 Å². The summed E-state index contributed by atoms with van der Waals surface area (Å²) >= 11 is 0. The Labute approximate surface area is 136 Å². The highest BCUT2D eigenvalue weighted by molar-refractivity contribution is 7.91. The minimum Gasteiger partial charge on any atom is -0.355 e. The van der Waals surface area contributed by atoms with E-state index in [1.54, 1.807) is 0 Å². The number of rotatable bonds is 5. The first-order valence-corrected chi connectivity index (χ1v) is 9.97. The normalized spacial score (nSPS) is 14.2. The van der Waals surface area contributed by atoms with E-state index in [0.717, 1.165) is 25.6 Å². The second-order valence-corrected chi connectivity index (χ2v) is 8.44. The van der Waals surface area contributed by atoms with Gasteiger partial charge in [-0.25, -0.2) is 8.42 Å². The van der Waals surface area contributed by atoms with Crippen LogP contribution in [0.25, 0.3) is 10.9 Å². The van der Waals surface area contributed by atoms with E-state index in [1.807, 2.05) is 0 Å². The van der Waals surface area contributed by atoms with Gasteiger partial charge < -0.3 is 9.88 Å². The van der Waals surface area contributed by atoms with Crippen molar-refractivity contribution in [2.45, 2.75) is 32.7 Å². The van der Waals surface area contributed by atoms with E-state index in [2.05, 4.69) is 35.0 Å². The summed E-state index contributed by atoms with van der Waals surface area (Å²) in [6, 6.07) is 6.43. The molecule has 0 fully saturated rings. The fourth-order valence-electron chi connectivity index (χ4n) is 3.52. The lowest BCUT2D eigenvalue weighted by Gasteiger charge is -2.16. The van der Waals surface area contributed by atoms with Crippen molar-refractivity contribution in [3.8, 4) is 0 Å². The molecule has 0 saturated carbocycles. The predicted molar refractivity (Wildman–Crippen MR) is 91.4 cm³/mol. The van der Waals surface area contributed by atoms with Crippen LogP contribution in [0.3, 0.4) is 0 Å². The van der Waals surface area contributed by atoms with Crippen molar-refractivity contribution in [3.05, 3.63) is 35.0 Å². The summed E-state index contributed by atoms with van der Waals surface area (Å²) in [5.74, 6) is -0.878. The van der Waals surface area contributed by atoms with Crippen LogP contribution in [0.1, 0.15) is 23.2 Å². The third kappa shape index (κ3) is 3.27. The SMILES string of the molecule is Cc1c(CCNC(=O)CS(C)(=O)=O)c2cccc3c2n1CCC3. The molecule has 0 spiro atoms. The first-order valence-electron chi connectivity index (χ1n) is 7.91. The molecule has 1 N–H and O–H groups in total. The van der Waals surface area contributed by atoms with Crippen molar-refractivity contribution >= 4 is 26.6 Å². The van der Waals surface area contributed by atoms with Gasteiger partial charge >= 0.3 is 0 Å². The van der Waals surface area contributed by atoms with Crippen molar-refractivity contribution in [2.75, 3.05) is 18.6 Å². The minimum atomic E-state index is -3.27. The summed E-state index contributed by atoms with van der Waals surface area (Å²) in [6.07, 6.45) is 4.06. The number of hydrogen-bond donors (Lipinski definition) is 1. The molecule has 0 unspecified atom stereocenters. The fraction of sp³-hybridized carbons (Fsp3) is 0.471. The summed E-state index contributed by atoms with van der Waals surface area (Å²) in [6.45, 7) is 3.63. The third-order valence-electron chi connectivity index (χ3n) is 4.47. The number of carbonyl (C=O) groups excluding carboxylic acids is 1. The molecule has 0 radical (unpaired) electrons.